The van der Waals surface area contributed by atoms with Crippen molar-refractivity contribution in [2.24, 2.45) is 0 Å². The van der Waals surface area contributed by atoms with Gasteiger partial charge in [-0.1, -0.05) is 48.9 Å². The smallest absolute Gasteiger partial charge is 0.407 e. The van der Waals surface area contributed by atoms with E-state index >= 15 is 0 Å². The molecule has 6 N–H and O–H groups in total. The van der Waals surface area contributed by atoms with Gasteiger partial charge < -0.3 is 30.7 Å². The molecular formula is C32H39N3O8S. The third-order valence-corrected chi connectivity index (χ3v) is 8.84. The van der Waals surface area contributed by atoms with Crippen LogP contribution in [0.15, 0.2) is 66.7 Å². The summed E-state index contributed by atoms with van der Waals surface area (Å²) in [6.07, 6.45) is 3.05. The average Bonchev–Trinajstić information content (AvgIpc) is 2.99. The van der Waals surface area contributed by atoms with Crippen LogP contribution in [0.5, 0.6) is 5.75 Å². The first kappa shape index (κ1) is 32.8. The van der Waals surface area contributed by atoms with Crippen molar-refractivity contribution in [1.82, 2.24) is 9.62 Å². The molecule has 0 aliphatic heterocycles. The monoisotopic (exact) mass is 625 g/mol. The van der Waals surface area contributed by atoms with E-state index in [1.807, 2.05) is 29.0 Å². The van der Waals surface area contributed by atoms with E-state index in [0.717, 1.165) is 48.8 Å². The van der Waals surface area contributed by atoms with Gasteiger partial charge in [-0.2, -0.15) is 0 Å². The molecular weight excluding hydrogens is 586 g/mol. The second-order valence-electron chi connectivity index (χ2n) is 10.9. The van der Waals surface area contributed by atoms with Gasteiger partial charge in [0.15, 0.2) is 0 Å². The number of hydrogen-bond acceptors (Lipinski definition) is 8. The van der Waals surface area contributed by atoms with Crippen LogP contribution in [0.1, 0.15) is 59.7 Å². The van der Waals surface area contributed by atoms with Crippen LogP contribution in [0.2, 0.25) is 0 Å². The summed E-state index contributed by atoms with van der Waals surface area (Å²) < 4.78 is 32.5. The van der Waals surface area contributed by atoms with Gasteiger partial charge >= 0.3 is 6.09 Å². The Bertz CT molecular complexity index is 1520. The average molecular weight is 626 g/mol. The second kappa shape index (κ2) is 15.0. The van der Waals surface area contributed by atoms with Crippen molar-refractivity contribution in [2.75, 3.05) is 31.2 Å². The summed E-state index contributed by atoms with van der Waals surface area (Å²) in [6.45, 7) is -0.506. The van der Waals surface area contributed by atoms with Crippen molar-refractivity contribution in [3.63, 3.8) is 0 Å². The molecule has 0 bridgehead atoms. The molecule has 11 nitrogen and oxygen atoms in total. The molecule has 3 aromatic carbocycles. The van der Waals surface area contributed by atoms with Crippen LogP contribution >= 0.6 is 0 Å². The van der Waals surface area contributed by atoms with Gasteiger partial charge in [-0.05, 0) is 78.6 Å². The van der Waals surface area contributed by atoms with Gasteiger partial charge in [-0.25, -0.2) is 17.9 Å². The van der Waals surface area contributed by atoms with E-state index in [0.29, 0.717) is 17.7 Å². The van der Waals surface area contributed by atoms with Gasteiger partial charge in [0, 0.05) is 12.2 Å². The lowest BCUT2D eigenvalue weighted by atomic mass is 9.97. The zero-order valence-corrected chi connectivity index (χ0v) is 25.2. The number of rotatable bonds is 13. The maximum Gasteiger partial charge on any atom is 0.407 e. The largest absolute Gasteiger partial charge is 0.490 e. The van der Waals surface area contributed by atoms with Crippen LogP contribution in [-0.4, -0.2) is 72.2 Å². The van der Waals surface area contributed by atoms with Gasteiger partial charge in [-0.15, -0.1) is 0 Å². The highest BCUT2D eigenvalue weighted by Gasteiger charge is 2.23. The topological polar surface area (TPSA) is 179 Å². The Morgan fingerprint density at radius 2 is 1.64 bits per heavy atom. The molecule has 0 saturated heterocycles. The van der Waals surface area contributed by atoms with Crippen molar-refractivity contribution in [3.8, 4) is 16.9 Å². The standard InChI is InChI=1S/C32H39N3O8S/c33-26-13-10-24(11-14-26)29(37)21-35(32(39)40)17-16-22-6-8-23(9-7-22)25-12-15-28(31(38)34-44(41,42)19-18-36)30(20-25)43-27-4-2-1-3-5-27/h6-15,20,27,29,36-37H,1-5,16-19,21,33H2,(H,34,38)(H,39,40)/t29-/m1/s1. The van der Waals surface area contributed by atoms with Gasteiger partial charge in [0.2, 0.25) is 10.0 Å². The number of aliphatic hydroxyl groups is 2. The number of carboxylic acid groups (broad SMARTS) is 1. The minimum absolute atomic E-state index is 0.0810. The summed E-state index contributed by atoms with van der Waals surface area (Å²) in [5.74, 6) is -1.13. The first-order valence-corrected chi connectivity index (χ1v) is 16.3. The number of aliphatic hydroxyl groups excluding tert-OH is 2. The Labute approximate surface area is 257 Å². The van der Waals surface area contributed by atoms with Crippen LogP contribution in [0.25, 0.3) is 11.1 Å². The zero-order chi connectivity index (χ0) is 31.7. The molecule has 1 aliphatic rings. The summed E-state index contributed by atoms with van der Waals surface area (Å²) in [7, 11) is -4.00. The number of nitrogens with zero attached hydrogens (tertiary/aromatic N) is 1. The van der Waals surface area contributed by atoms with Crippen molar-refractivity contribution < 1.29 is 38.1 Å². The number of anilines is 1. The number of carbonyl (C=O) groups excluding carboxylic acids is 1. The third kappa shape index (κ3) is 9.18. The molecule has 44 heavy (non-hydrogen) atoms. The van der Waals surface area contributed by atoms with Crippen LogP contribution in [-0.2, 0) is 16.4 Å². The molecule has 1 aliphatic carbocycles. The first-order chi connectivity index (χ1) is 21.0. The van der Waals surface area contributed by atoms with Gasteiger partial charge in [0.05, 0.1) is 36.7 Å². The number of sulfonamides is 1. The zero-order valence-electron chi connectivity index (χ0n) is 24.4. The number of nitrogens with two attached hydrogens (primary N) is 1. The lowest BCUT2D eigenvalue weighted by Gasteiger charge is -2.24. The summed E-state index contributed by atoms with van der Waals surface area (Å²) in [4.78, 5) is 25.9. The molecule has 4 rings (SSSR count). The number of nitrogen functional groups attached to an aromatic ring is 1. The van der Waals surface area contributed by atoms with E-state index < -0.39 is 40.5 Å². The van der Waals surface area contributed by atoms with E-state index in [4.69, 9.17) is 15.6 Å². The molecule has 1 fully saturated rings. The van der Waals surface area contributed by atoms with Crippen LogP contribution in [0.3, 0.4) is 0 Å². The molecule has 0 unspecified atom stereocenters. The summed E-state index contributed by atoms with van der Waals surface area (Å²) >= 11 is 0. The van der Waals surface area contributed by atoms with Crippen LogP contribution in [0.4, 0.5) is 10.5 Å². The molecule has 0 spiro atoms. The van der Waals surface area contributed by atoms with Gasteiger partial charge in [-0.3, -0.25) is 4.79 Å². The van der Waals surface area contributed by atoms with Crippen LogP contribution in [0, 0.1) is 0 Å². The highest BCUT2D eigenvalue weighted by molar-refractivity contribution is 7.90. The van der Waals surface area contributed by atoms with E-state index in [2.05, 4.69) is 0 Å². The highest BCUT2D eigenvalue weighted by atomic mass is 32.2. The second-order valence-corrected chi connectivity index (χ2v) is 12.8. The maximum atomic E-state index is 12.9. The van der Waals surface area contributed by atoms with Gasteiger partial charge in [0.25, 0.3) is 5.91 Å². The summed E-state index contributed by atoms with van der Waals surface area (Å²) in [5, 5.41) is 29.2. The molecule has 0 aromatic heterocycles. The Balaban J connectivity index is 1.47. The Morgan fingerprint density at radius 3 is 2.27 bits per heavy atom. The maximum absolute atomic E-state index is 12.9. The number of ether oxygens (including phenoxy) is 1. The summed E-state index contributed by atoms with van der Waals surface area (Å²) in [6, 6.07) is 19.1. The van der Waals surface area contributed by atoms with E-state index in [1.165, 1.54) is 11.0 Å². The van der Waals surface area contributed by atoms with Crippen molar-refractivity contribution >= 4 is 27.7 Å². The highest BCUT2D eigenvalue weighted by Crippen LogP contribution is 2.31. The fourth-order valence-electron chi connectivity index (χ4n) is 5.14. The molecule has 1 atom stereocenters. The molecule has 0 heterocycles. The van der Waals surface area contributed by atoms with Gasteiger partial charge in [0.1, 0.15) is 5.75 Å². The Morgan fingerprint density at radius 1 is 0.977 bits per heavy atom. The molecule has 1 saturated carbocycles. The van der Waals surface area contributed by atoms with E-state index in [9.17, 15) is 28.2 Å². The normalized spacial score (nSPS) is 14.5. The molecule has 236 valence electrons. The number of nitrogens with one attached hydrogen (secondary N) is 1. The number of carbonyl (C=O) groups is 2. The minimum Gasteiger partial charge on any atom is -0.490 e. The van der Waals surface area contributed by atoms with Crippen molar-refractivity contribution in [1.29, 1.82) is 0 Å². The summed E-state index contributed by atoms with van der Waals surface area (Å²) in [5.41, 5.74) is 9.40. The predicted molar refractivity (Wildman–Crippen MR) is 167 cm³/mol. The minimum atomic E-state index is -4.00. The molecule has 12 heteroatoms. The lowest BCUT2D eigenvalue weighted by Crippen LogP contribution is -2.35. The molecule has 3 aromatic rings. The fourth-order valence-corrected chi connectivity index (χ4v) is 5.88. The van der Waals surface area contributed by atoms with Crippen molar-refractivity contribution in [2.45, 2.75) is 50.7 Å². The Kier molecular flexibility index (Phi) is 11.2. The number of hydrogen-bond donors (Lipinski definition) is 5. The molecule has 0 radical (unpaired) electrons. The number of benzene rings is 3. The quantitative estimate of drug-likeness (QED) is 0.176. The lowest BCUT2D eigenvalue weighted by molar-refractivity contribution is 0.0967. The fraction of sp³-hybridized carbons (Fsp3) is 0.375. The Hall–Kier alpha value is -4.13. The third-order valence-electron chi connectivity index (χ3n) is 7.62. The van der Waals surface area contributed by atoms with E-state index in [-0.39, 0.29) is 30.5 Å². The predicted octanol–water partition coefficient (Wildman–Crippen LogP) is 3.96. The SMILES string of the molecule is Nc1ccc([C@H](O)CN(CCc2ccc(-c3ccc(C(=O)NS(=O)(=O)CCO)c(OC4CCCCC4)c3)cc2)C(=O)O)cc1. The first-order valence-electron chi connectivity index (χ1n) is 14.6. The number of amides is 2. The van der Waals surface area contributed by atoms with Crippen molar-refractivity contribution in [3.05, 3.63) is 83.4 Å². The molecule has 2 amide bonds. The van der Waals surface area contributed by atoms with Crippen LogP contribution < -0.4 is 15.2 Å². The van der Waals surface area contributed by atoms with E-state index in [1.54, 1.807) is 36.4 Å².